The quantitative estimate of drug-likeness (QED) is 0.854. The van der Waals surface area contributed by atoms with Gasteiger partial charge in [-0.15, -0.1) is 0 Å². The lowest BCUT2D eigenvalue weighted by atomic mass is 9.89. The fourth-order valence-corrected chi connectivity index (χ4v) is 4.68. The highest BCUT2D eigenvalue weighted by Gasteiger charge is 2.39. The Hall–Kier alpha value is -0.510. The Kier molecular flexibility index (Phi) is 3.39. The normalized spacial score (nSPS) is 38.6. The summed E-state index contributed by atoms with van der Waals surface area (Å²) >= 11 is 1.62. The van der Waals surface area contributed by atoms with Gasteiger partial charge in [-0.05, 0) is 42.9 Å². The number of fused-ring (bicyclic) bond motifs is 2. The van der Waals surface area contributed by atoms with Crippen LogP contribution in [0.2, 0.25) is 0 Å². The monoisotopic (exact) mass is 266 g/mol. The van der Waals surface area contributed by atoms with Crippen molar-refractivity contribution in [1.29, 1.82) is 0 Å². The fraction of sp³-hybridized carbons (Fsp3) is 0.857. The van der Waals surface area contributed by atoms with Gasteiger partial charge in [-0.3, -0.25) is 4.79 Å². The van der Waals surface area contributed by atoms with Crippen molar-refractivity contribution in [2.45, 2.75) is 44.8 Å². The molecule has 0 radical (unpaired) electrons. The molecule has 0 aromatic heterocycles. The standard InChI is InChI=1S/C14H22N2OS/c1-8(2)12-13(17)16-14(18-12)15-7-11-6-9-3-4-10(11)5-9/h8-12H,3-7H2,1-2H3,(H,15,16,17)/t9-,10+,11-,12?/m1/s1. The van der Waals surface area contributed by atoms with Gasteiger partial charge in [-0.1, -0.05) is 32.0 Å². The number of thioether (sulfide) groups is 1. The van der Waals surface area contributed by atoms with E-state index in [0.717, 1.165) is 29.5 Å². The molecule has 4 heteroatoms. The molecule has 1 amide bonds. The summed E-state index contributed by atoms with van der Waals surface area (Å²) in [6.45, 7) is 5.19. The van der Waals surface area contributed by atoms with Crippen LogP contribution in [0.4, 0.5) is 0 Å². The summed E-state index contributed by atoms with van der Waals surface area (Å²) < 4.78 is 0. The molecule has 2 bridgehead atoms. The van der Waals surface area contributed by atoms with E-state index in [1.54, 1.807) is 11.8 Å². The number of carbonyl (C=O) groups excluding carboxylic acids is 1. The van der Waals surface area contributed by atoms with Crippen molar-refractivity contribution in [3.63, 3.8) is 0 Å². The molecule has 1 aliphatic heterocycles. The van der Waals surface area contributed by atoms with Crippen LogP contribution in [0, 0.1) is 23.7 Å². The van der Waals surface area contributed by atoms with Crippen molar-refractivity contribution in [2.24, 2.45) is 28.7 Å². The van der Waals surface area contributed by atoms with Crippen molar-refractivity contribution in [1.82, 2.24) is 5.32 Å². The second-order valence-electron chi connectivity index (χ2n) is 6.35. The summed E-state index contributed by atoms with van der Waals surface area (Å²) in [7, 11) is 0. The Bertz CT molecular complexity index is 380. The SMILES string of the molecule is CC(C)C1SC(NC[C@H]2C[C@@H]3CC[C@H]2C3)=NC1=O. The lowest BCUT2D eigenvalue weighted by Crippen LogP contribution is -2.29. The van der Waals surface area contributed by atoms with Crippen LogP contribution in [-0.4, -0.2) is 22.9 Å². The molecule has 0 aromatic carbocycles. The van der Waals surface area contributed by atoms with Gasteiger partial charge in [0.15, 0.2) is 5.17 Å². The number of aliphatic imine (C=N–C) groups is 1. The number of amidine groups is 1. The third kappa shape index (κ3) is 2.31. The van der Waals surface area contributed by atoms with Gasteiger partial charge in [0.1, 0.15) is 0 Å². The number of nitrogens with one attached hydrogen (secondary N) is 1. The van der Waals surface area contributed by atoms with Gasteiger partial charge in [0.25, 0.3) is 5.91 Å². The summed E-state index contributed by atoms with van der Waals surface area (Å²) in [5.74, 6) is 3.16. The van der Waals surface area contributed by atoms with E-state index < -0.39 is 0 Å². The molecule has 4 atom stereocenters. The summed E-state index contributed by atoms with van der Waals surface area (Å²) in [5, 5.41) is 4.31. The molecule has 18 heavy (non-hydrogen) atoms. The third-order valence-corrected chi connectivity index (χ3v) is 6.16. The highest BCUT2D eigenvalue weighted by Crippen LogP contribution is 2.48. The molecule has 0 spiro atoms. The number of amides is 1. The minimum atomic E-state index is 0.0347. The number of nitrogens with zero attached hydrogens (tertiary/aromatic N) is 1. The predicted octanol–water partition coefficient (Wildman–Crippen LogP) is 2.67. The molecular formula is C14H22N2OS. The first-order valence-corrected chi connectivity index (χ1v) is 8.04. The van der Waals surface area contributed by atoms with E-state index in [-0.39, 0.29) is 11.2 Å². The van der Waals surface area contributed by atoms with E-state index in [0.29, 0.717) is 5.92 Å². The zero-order chi connectivity index (χ0) is 12.7. The van der Waals surface area contributed by atoms with Crippen molar-refractivity contribution >= 4 is 22.8 Å². The summed E-state index contributed by atoms with van der Waals surface area (Å²) in [6, 6.07) is 0. The number of hydrogen-bond acceptors (Lipinski definition) is 3. The lowest BCUT2D eigenvalue weighted by molar-refractivity contribution is -0.117. The second kappa shape index (κ2) is 4.87. The molecule has 3 rings (SSSR count). The van der Waals surface area contributed by atoms with E-state index in [9.17, 15) is 4.79 Å². The van der Waals surface area contributed by atoms with Crippen LogP contribution in [0.1, 0.15) is 39.5 Å². The first-order chi connectivity index (χ1) is 8.63. The fourth-order valence-electron chi connectivity index (χ4n) is 3.71. The predicted molar refractivity (Wildman–Crippen MR) is 75.6 cm³/mol. The third-order valence-electron chi connectivity index (χ3n) is 4.70. The van der Waals surface area contributed by atoms with Gasteiger partial charge >= 0.3 is 0 Å². The molecule has 2 fully saturated rings. The average Bonchev–Trinajstić information content (AvgIpc) is 3.00. The molecule has 3 nitrogen and oxygen atoms in total. The Labute approximate surface area is 113 Å². The Morgan fingerprint density at radius 1 is 1.39 bits per heavy atom. The molecule has 1 N–H and O–H groups in total. The van der Waals surface area contributed by atoms with E-state index in [2.05, 4.69) is 24.2 Å². The zero-order valence-corrected chi connectivity index (χ0v) is 12.0. The van der Waals surface area contributed by atoms with E-state index in [1.165, 1.54) is 25.7 Å². The summed E-state index contributed by atoms with van der Waals surface area (Å²) in [4.78, 5) is 15.8. The number of hydrogen-bond donors (Lipinski definition) is 1. The summed E-state index contributed by atoms with van der Waals surface area (Å²) in [6.07, 6.45) is 5.70. The maximum absolute atomic E-state index is 11.7. The van der Waals surface area contributed by atoms with Gasteiger partial charge in [-0.2, -0.15) is 4.99 Å². The average molecular weight is 266 g/mol. The van der Waals surface area contributed by atoms with E-state index in [4.69, 9.17) is 0 Å². The maximum Gasteiger partial charge on any atom is 0.261 e. The molecule has 1 unspecified atom stereocenters. The minimum Gasteiger partial charge on any atom is -0.364 e. The minimum absolute atomic E-state index is 0.0347. The van der Waals surface area contributed by atoms with Crippen LogP contribution in [0.15, 0.2) is 4.99 Å². The number of carbonyl (C=O) groups is 1. The van der Waals surface area contributed by atoms with Crippen molar-refractivity contribution in [2.75, 3.05) is 6.54 Å². The molecule has 3 aliphatic rings. The smallest absolute Gasteiger partial charge is 0.261 e. The lowest BCUT2D eigenvalue weighted by Gasteiger charge is -2.22. The van der Waals surface area contributed by atoms with Crippen molar-refractivity contribution < 1.29 is 4.79 Å². The van der Waals surface area contributed by atoms with Gasteiger partial charge in [-0.25, -0.2) is 0 Å². The van der Waals surface area contributed by atoms with E-state index in [1.807, 2.05) is 0 Å². The first kappa shape index (κ1) is 12.5. The first-order valence-electron chi connectivity index (χ1n) is 7.16. The van der Waals surface area contributed by atoms with Crippen LogP contribution < -0.4 is 5.32 Å². The van der Waals surface area contributed by atoms with Crippen molar-refractivity contribution in [3.05, 3.63) is 0 Å². The Balaban J connectivity index is 1.50. The van der Waals surface area contributed by atoms with Crippen LogP contribution in [0.5, 0.6) is 0 Å². The van der Waals surface area contributed by atoms with E-state index >= 15 is 0 Å². The number of rotatable bonds is 3. The molecule has 2 aliphatic carbocycles. The molecular weight excluding hydrogens is 244 g/mol. The molecule has 1 heterocycles. The molecule has 0 aromatic rings. The topological polar surface area (TPSA) is 41.5 Å². The van der Waals surface area contributed by atoms with Crippen LogP contribution in [-0.2, 0) is 4.79 Å². The van der Waals surface area contributed by atoms with Crippen molar-refractivity contribution in [3.8, 4) is 0 Å². The highest BCUT2D eigenvalue weighted by atomic mass is 32.2. The Morgan fingerprint density at radius 3 is 2.78 bits per heavy atom. The van der Waals surface area contributed by atoms with Gasteiger partial charge in [0.2, 0.25) is 0 Å². The highest BCUT2D eigenvalue weighted by molar-refractivity contribution is 8.15. The molecule has 2 saturated carbocycles. The molecule has 0 saturated heterocycles. The zero-order valence-electron chi connectivity index (χ0n) is 11.2. The second-order valence-corrected chi connectivity index (χ2v) is 7.48. The van der Waals surface area contributed by atoms with Crippen LogP contribution >= 0.6 is 11.8 Å². The summed E-state index contributed by atoms with van der Waals surface area (Å²) in [5.41, 5.74) is 0. The van der Waals surface area contributed by atoms with Gasteiger partial charge in [0.05, 0.1) is 5.25 Å². The Morgan fingerprint density at radius 2 is 2.22 bits per heavy atom. The molecule has 100 valence electrons. The van der Waals surface area contributed by atoms with Gasteiger partial charge < -0.3 is 5.32 Å². The van der Waals surface area contributed by atoms with Crippen LogP contribution in [0.3, 0.4) is 0 Å². The largest absolute Gasteiger partial charge is 0.364 e. The van der Waals surface area contributed by atoms with Gasteiger partial charge in [0, 0.05) is 6.54 Å². The maximum atomic E-state index is 11.7. The van der Waals surface area contributed by atoms with Crippen LogP contribution in [0.25, 0.3) is 0 Å².